The van der Waals surface area contributed by atoms with E-state index in [1.54, 1.807) is 6.20 Å². The van der Waals surface area contributed by atoms with Crippen molar-refractivity contribution in [3.8, 4) is 0 Å². The minimum absolute atomic E-state index is 0.785. The lowest BCUT2D eigenvalue weighted by Gasteiger charge is -1.95. The minimum atomic E-state index is 0.785. The zero-order chi connectivity index (χ0) is 5.82. The summed E-state index contributed by atoms with van der Waals surface area (Å²) in [5, 5.41) is 6.93. The molecule has 1 heterocycles. The monoisotopic (exact) mass is 111 g/mol. The average molecular weight is 111 g/mol. The molecule has 0 saturated carbocycles. The van der Waals surface area contributed by atoms with Crippen LogP contribution in [-0.2, 0) is 6.67 Å². The third-order valence-corrected chi connectivity index (χ3v) is 0.879. The van der Waals surface area contributed by atoms with E-state index in [-0.39, 0.29) is 0 Å². The highest BCUT2D eigenvalue weighted by molar-refractivity contribution is 4.76. The number of hydrogen-bond acceptors (Lipinski definition) is 2. The Hall–Kier alpha value is -0.830. The summed E-state index contributed by atoms with van der Waals surface area (Å²) in [7, 11) is 1.89. The van der Waals surface area contributed by atoms with E-state index in [0.29, 0.717) is 0 Å². The summed E-state index contributed by atoms with van der Waals surface area (Å²) < 4.78 is 1.82. The molecule has 3 heteroatoms. The van der Waals surface area contributed by atoms with Crippen LogP contribution in [0.2, 0.25) is 0 Å². The Morgan fingerprint density at radius 2 is 2.62 bits per heavy atom. The second-order valence-electron chi connectivity index (χ2n) is 1.56. The predicted octanol–water partition coefficient (Wildman–Crippen LogP) is 0.0600. The maximum atomic E-state index is 3.96. The Kier molecular flexibility index (Phi) is 1.64. The summed E-state index contributed by atoms with van der Waals surface area (Å²) >= 11 is 0. The van der Waals surface area contributed by atoms with Gasteiger partial charge in [-0.15, -0.1) is 0 Å². The van der Waals surface area contributed by atoms with Gasteiger partial charge in [-0.2, -0.15) is 5.10 Å². The van der Waals surface area contributed by atoms with Crippen molar-refractivity contribution in [2.45, 2.75) is 6.67 Å². The fourth-order valence-electron chi connectivity index (χ4n) is 0.556. The van der Waals surface area contributed by atoms with Gasteiger partial charge in [0.2, 0.25) is 0 Å². The molecule has 44 valence electrons. The highest BCUT2D eigenvalue weighted by atomic mass is 15.3. The van der Waals surface area contributed by atoms with Crippen molar-refractivity contribution >= 4 is 0 Å². The van der Waals surface area contributed by atoms with Gasteiger partial charge in [-0.3, -0.25) is 4.68 Å². The molecule has 0 unspecified atom stereocenters. The highest BCUT2D eigenvalue weighted by Gasteiger charge is 1.81. The van der Waals surface area contributed by atoms with Crippen molar-refractivity contribution in [2.24, 2.45) is 0 Å². The number of nitrogens with one attached hydrogen (secondary N) is 1. The van der Waals surface area contributed by atoms with Gasteiger partial charge in [0.15, 0.2) is 0 Å². The fraction of sp³-hybridized carbons (Fsp3) is 0.400. The highest BCUT2D eigenvalue weighted by Crippen LogP contribution is 1.78. The van der Waals surface area contributed by atoms with Gasteiger partial charge in [-0.05, 0) is 13.1 Å². The first kappa shape index (κ1) is 5.31. The van der Waals surface area contributed by atoms with Crippen LogP contribution in [0.3, 0.4) is 0 Å². The molecule has 3 nitrogen and oxygen atoms in total. The molecule has 0 aliphatic rings. The van der Waals surface area contributed by atoms with Gasteiger partial charge in [0.1, 0.15) is 0 Å². The molecule has 8 heavy (non-hydrogen) atoms. The Bertz CT molecular complexity index is 133. The summed E-state index contributed by atoms with van der Waals surface area (Å²) in [5.74, 6) is 0. The molecule has 0 radical (unpaired) electrons. The van der Waals surface area contributed by atoms with E-state index in [1.807, 2.05) is 24.0 Å². The molecule has 0 amide bonds. The number of rotatable bonds is 2. The topological polar surface area (TPSA) is 29.9 Å². The molecule has 0 spiro atoms. The quantitative estimate of drug-likeness (QED) is 0.585. The summed E-state index contributed by atoms with van der Waals surface area (Å²) in [6.07, 6.45) is 3.67. The molecule has 0 atom stereocenters. The van der Waals surface area contributed by atoms with Crippen LogP contribution in [0.25, 0.3) is 0 Å². The minimum Gasteiger partial charge on any atom is -0.301 e. The van der Waals surface area contributed by atoms with E-state index in [2.05, 4.69) is 10.4 Å². The molecule has 0 aliphatic heterocycles. The van der Waals surface area contributed by atoms with E-state index < -0.39 is 0 Å². The van der Waals surface area contributed by atoms with Crippen LogP contribution in [0.5, 0.6) is 0 Å². The summed E-state index contributed by atoms with van der Waals surface area (Å²) in [6, 6.07) is 1.90. The first-order chi connectivity index (χ1) is 3.93. The van der Waals surface area contributed by atoms with Crippen LogP contribution in [-0.4, -0.2) is 16.8 Å². The predicted molar refractivity (Wildman–Crippen MR) is 31.3 cm³/mol. The SMILES string of the molecule is CNCn1cccn1. The first-order valence-corrected chi connectivity index (χ1v) is 2.55. The van der Waals surface area contributed by atoms with Gasteiger partial charge in [0, 0.05) is 12.4 Å². The average Bonchev–Trinajstić information content (AvgIpc) is 2.19. The van der Waals surface area contributed by atoms with E-state index in [0.717, 1.165) is 6.67 Å². The van der Waals surface area contributed by atoms with Gasteiger partial charge >= 0.3 is 0 Å². The molecular formula is C5H9N3. The summed E-state index contributed by atoms with van der Waals surface area (Å²) in [6.45, 7) is 0.785. The van der Waals surface area contributed by atoms with Gasteiger partial charge < -0.3 is 5.32 Å². The third kappa shape index (κ3) is 1.07. The molecule has 1 N–H and O–H groups in total. The lowest BCUT2D eigenvalue weighted by molar-refractivity contribution is 0.556. The van der Waals surface area contributed by atoms with E-state index in [4.69, 9.17) is 0 Å². The second-order valence-corrected chi connectivity index (χ2v) is 1.56. The fourth-order valence-corrected chi connectivity index (χ4v) is 0.556. The largest absolute Gasteiger partial charge is 0.301 e. The normalized spacial score (nSPS) is 9.62. The lowest BCUT2D eigenvalue weighted by Crippen LogP contribution is -2.12. The van der Waals surface area contributed by atoms with E-state index >= 15 is 0 Å². The van der Waals surface area contributed by atoms with Crippen molar-refractivity contribution in [1.29, 1.82) is 0 Å². The molecule has 1 rings (SSSR count). The van der Waals surface area contributed by atoms with Crippen molar-refractivity contribution in [3.63, 3.8) is 0 Å². The van der Waals surface area contributed by atoms with Crippen LogP contribution >= 0.6 is 0 Å². The number of nitrogens with zero attached hydrogens (tertiary/aromatic N) is 2. The molecule has 0 bridgehead atoms. The Labute approximate surface area is 48.3 Å². The molecule has 0 saturated heterocycles. The van der Waals surface area contributed by atoms with Crippen LogP contribution in [0, 0.1) is 0 Å². The summed E-state index contributed by atoms with van der Waals surface area (Å²) in [4.78, 5) is 0. The Morgan fingerprint density at radius 3 is 3.12 bits per heavy atom. The van der Waals surface area contributed by atoms with Crippen molar-refractivity contribution in [1.82, 2.24) is 15.1 Å². The standard InChI is InChI=1S/C5H9N3/c1-6-5-8-4-2-3-7-8/h2-4,6H,5H2,1H3. The van der Waals surface area contributed by atoms with Gasteiger partial charge in [-0.1, -0.05) is 0 Å². The Morgan fingerprint density at radius 1 is 1.75 bits per heavy atom. The van der Waals surface area contributed by atoms with Crippen LogP contribution in [0.4, 0.5) is 0 Å². The van der Waals surface area contributed by atoms with Gasteiger partial charge in [0.25, 0.3) is 0 Å². The van der Waals surface area contributed by atoms with Crippen LogP contribution < -0.4 is 5.32 Å². The van der Waals surface area contributed by atoms with Crippen LogP contribution in [0.1, 0.15) is 0 Å². The molecule has 0 aliphatic carbocycles. The zero-order valence-electron chi connectivity index (χ0n) is 4.83. The Balaban J connectivity index is 2.50. The molecule has 1 aromatic heterocycles. The van der Waals surface area contributed by atoms with E-state index in [1.165, 1.54) is 0 Å². The number of aromatic nitrogens is 2. The summed E-state index contributed by atoms with van der Waals surface area (Å²) in [5.41, 5.74) is 0. The molecule has 0 aromatic carbocycles. The smallest absolute Gasteiger partial charge is 0.0901 e. The van der Waals surface area contributed by atoms with Crippen molar-refractivity contribution in [3.05, 3.63) is 18.5 Å². The van der Waals surface area contributed by atoms with Gasteiger partial charge in [0.05, 0.1) is 6.67 Å². The molecular weight excluding hydrogens is 102 g/mol. The third-order valence-electron chi connectivity index (χ3n) is 0.879. The van der Waals surface area contributed by atoms with Gasteiger partial charge in [-0.25, -0.2) is 0 Å². The zero-order valence-corrected chi connectivity index (χ0v) is 4.83. The second kappa shape index (κ2) is 2.47. The van der Waals surface area contributed by atoms with E-state index in [9.17, 15) is 0 Å². The van der Waals surface area contributed by atoms with Crippen LogP contribution in [0.15, 0.2) is 18.5 Å². The lowest BCUT2D eigenvalue weighted by atomic mass is 10.7. The van der Waals surface area contributed by atoms with Crippen molar-refractivity contribution in [2.75, 3.05) is 7.05 Å². The first-order valence-electron chi connectivity index (χ1n) is 2.55. The van der Waals surface area contributed by atoms with Crippen molar-refractivity contribution < 1.29 is 0 Å². The number of hydrogen-bond donors (Lipinski definition) is 1. The maximum Gasteiger partial charge on any atom is 0.0901 e. The maximum absolute atomic E-state index is 3.96. The molecule has 1 aromatic rings. The molecule has 0 fully saturated rings.